The van der Waals surface area contributed by atoms with E-state index in [0.29, 0.717) is 5.39 Å². The van der Waals surface area contributed by atoms with Gasteiger partial charge in [-0.1, -0.05) is 136 Å². The monoisotopic (exact) mass is 771 g/mol. The Morgan fingerprint density at radius 3 is 1.60 bits per heavy atom. The van der Waals surface area contributed by atoms with Crippen LogP contribution in [0.2, 0.25) is 0 Å². The number of nitrogens with zero attached hydrogens (tertiary/aromatic N) is 3. The molecule has 0 aliphatic heterocycles. The maximum atomic E-state index is 14.9. The normalized spacial score (nSPS) is 12.2. The number of aromatic nitrogens is 3. The minimum Gasteiger partial charge on any atom is -0.309 e. The fraction of sp³-hybridized carbons (Fsp3) is 0.0536. The van der Waals surface area contributed by atoms with Gasteiger partial charge in [0.2, 0.25) is 0 Å². The molecule has 286 valence electrons. The van der Waals surface area contributed by atoms with Gasteiger partial charge in [-0.15, -0.1) is 0 Å². The number of pyridine rings is 1. The number of para-hydroxylation sites is 3. The van der Waals surface area contributed by atoms with Crippen molar-refractivity contribution in [2.45, 2.75) is 20.8 Å². The van der Waals surface area contributed by atoms with Crippen LogP contribution in [0.4, 0.5) is 0 Å². The summed E-state index contributed by atoms with van der Waals surface area (Å²) in [5.74, 6) is 0. The lowest BCUT2D eigenvalue weighted by Gasteiger charge is -2.16. The molecule has 12 rings (SSSR count). The Kier molecular flexibility index (Phi) is 8.11. The van der Waals surface area contributed by atoms with Gasteiger partial charge in [-0.3, -0.25) is 9.36 Å². The summed E-state index contributed by atoms with van der Waals surface area (Å²) in [5.41, 5.74) is 8.15. The quantitative estimate of drug-likeness (QED) is 0.130. The average Bonchev–Trinajstić information content (AvgIpc) is 3.82. The maximum absolute atomic E-state index is 14.9. The molecule has 0 fully saturated rings. The molecule has 60 heavy (non-hydrogen) atoms. The van der Waals surface area contributed by atoms with Crippen LogP contribution in [0, 0.1) is 0 Å². The number of hydrogen-bond acceptors (Lipinski definition) is 1. The van der Waals surface area contributed by atoms with Gasteiger partial charge in [-0.05, 0) is 106 Å². The zero-order valence-electron chi connectivity index (χ0n) is 33.8. The van der Waals surface area contributed by atoms with Crippen LogP contribution in [0.5, 0.6) is 0 Å². The van der Waals surface area contributed by atoms with Crippen molar-refractivity contribution in [1.29, 1.82) is 0 Å². The summed E-state index contributed by atoms with van der Waals surface area (Å²) in [7, 11) is 0. The smallest absolute Gasteiger partial charge is 0.263 e. The first kappa shape index (κ1) is 35.5. The molecule has 0 radical (unpaired) electrons. The van der Waals surface area contributed by atoms with Gasteiger partial charge in [0.05, 0.1) is 27.6 Å². The van der Waals surface area contributed by atoms with E-state index < -0.39 is 0 Å². The summed E-state index contributed by atoms with van der Waals surface area (Å²) in [6, 6.07) is 60.8. The molecule has 9 aromatic carbocycles. The third kappa shape index (κ3) is 4.94. The molecule has 3 heterocycles. The molecule has 0 bridgehead atoms. The first-order chi connectivity index (χ1) is 29.6. The maximum Gasteiger partial charge on any atom is 0.263 e. The van der Waals surface area contributed by atoms with Crippen molar-refractivity contribution in [2.75, 3.05) is 0 Å². The first-order valence-corrected chi connectivity index (χ1v) is 20.8. The van der Waals surface area contributed by atoms with E-state index >= 15 is 0 Å². The van der Waals surface area contributed by atoms with Gasteiger partial charge in [-0.2, -0.15) is 0 Å². The first-order valence-electron chi connectivity index (χ1n) is 20.8. The molecule has 0 saturated heterocycles. The molecule has 4 nitrogen and oxygen atoms in total. The molecule has 3 aromatic heterocycles. The summed E-state index contributed by atoms with van der Waals surface area (Å²) >= 11 is 0. The summed E-state index contributed by atoms with van der Waals surface area (Å²) in [4.78, 5) is 14.9. The number of fused-ring (bicyclic) bond motifs is 16. The Balaban J connectivity index is 0.00000201. The molecule has 0 saturated carbocycles. The van der Waals surface area contributed by atoms with Crippen molar-refractivity contribution in [3.63, 3.8) is 0 Å². The fourth-order valence-electron chi connectivity index (χ4n) is 9.90. The van der Waals surface area contributed by atoms with Crippen molar-refractivity contribution >= 4 is 103 Å². The van der Waals surface area contributed by atoms with Crippen LogP contribution in [0.25, 0.3) is 115 Å². The Morgan fingerprint density at radius 1 is 0.417 bits per heavy atom. The van der Waals surface area contributed by atoms with Gasteiger partial charge in [0.25, 0.3) is 5.56 Å². The summed E-state index contributed by atoms with van der Waals surface area (Å²) in [5, 5.41) is 14.5. The van der Waals surface area contributed by atoms with Gasteiger partial charge in [-0.25, -0.2) is 0 Å². The minimum absolute atomic E-state index is 0.0479. The number of allylic oxidation sites excluding steroid dienone is 3. The Hall–Kier alpha value is -7.69. The van der Waals surface area contributed by atoms with E-state index in [1.165, 1.54) is 32.3 Å². The third-order valence-electron chi connectivity index (χ3n) is 12.3. The van der Waals surface area contributed by atoms with Crippen LogP contribution in [0.1, 0.15) is 20.8 Å². The van der Waals surface area contributed by atoms with E-state index in [0.717, 1.165) is 77.0 Å². The van der Waals surface area contributed by atoms with Gasteiger partial charge < -0.3 is 9.13 Å². The molecular formula is C56H41N3O. The van der Waals surface area contributed by atoms with Crippen LogP contribution < -0.4 is 5.56 Å². The standard InChI is InChI=1S/C54H35N3O.C2H6/c1-3-15-33(2)55-51-31-45-41-22-11-13-24-47(41)57(35-26-27-40-38-20-8-7-18-36(38)37-19-9-10-21-39(37)44(40)30-35)50(45)32-46(51)52-43(54(55)58)28-29-49-53(52)42-23-12-14-25-48(42)56(49)34-16-5-4-6-17-34;1-2/h3-32H,1H2,2H3;1-2H3/b33-15+;. The third-order valence-corrected chi connectivity index (χ3v) is 12.3. The van der Waals surface area contributed by atoms with Gasteiger partial charge in [0, 0.05) is 54.8 Å². The van der Waals surface area contributed by atoms with Crippen molar-refractivity contribution in [2.24, 2.45) is 0 Å². The molecule has 0 aliphatic rings. The molecule has 0 unspecified atom stereocenters. The largest absolute Gasteiger partial charge is 0.309 e. The van der Waals surface area contributed by atoms with E-state index in [9.17, 15) is 4.79 Å². The van der Waals surface area contributed by atoms with Gasteiger partial charge in [0.15, 0.2) is 0 Å². The SMILES string of the molecule is C=C/C=C(\C)n1c(=O)c2ccc3c(c4ccccc4n3-c3ccccc3)c2c2cc3c(cc21)c1ccccc1n3-c1ccc2c3ccccc3c3ccccc3c2c1.CC. The van der Waals surface area contributed by atoms with Crippen LogP contribution in [-0.4, -0.2) is 13.7 Å². The van der Waals surface area contributed by atoms with E-state index in [2.05, 4.69) is 173 Å². The van der Waals surface area contributed by atoms with E-state index in [1.54, 1.807) is 6.08 Å². The summed E-state index contributed by atoms with van der Waals surface area (Å²) < 4.78 is 6.61. The van der Waals surface area contributed by atoms with E-state index in [1.807, 2.05) is 43.5 Å². The lowest BCUT2D eigenvalue weighted by molar-refractivity contribution is 1.08. The Bertz CT molecular complexity index is 3810. The van der Waals surface area contributed by atoms with Crippen molar-refractivity contribution in [3.8, 4) is 11.4 Å². The Morgan fingerprint density at radius 2 is 0.933 bits per heavy atom. The van der Waals surface area contributed by atoms with E-state index in [4.69, 9.17) is 0 Å². The highest BCUT2D eigenvalue weighted by Gasteiger charge is 2.23. The van der Waals surface area contributed by atoms with Crippen LogP contribution in [0.3, 0.4) is 0 Å². The highest BCUT2D eigenvalue weighted by atomic mass is 16.1. The second-order valence-electron chi connectivity index (χ2n) is 15.3. The second-order valence-corrected chi connectivity index (χ2v) is 15.3. The molecule has 0 N–H and O–H groups in total. The second kappa shape index (κ2) is 13.7. The van der Waals surface area contributed by atoms with Crippen LogP contribution in [0.15, 0.2) is 193 Å². The lowest BCUT2D eigenvalue weighted by atomic mass is 9.94. The van der Waals surface area contributed by atoms with Crippen molar-refractivity contribution < 1.29 is 0 Å². The summed E-state index contributed by atoms with van der Waals surface area (Å²) in [6.07, 6.45) is 3.68. The predicted octanol–water partition coefficient (Wildman–Crippen LogP) is 14.9. The van der Waals surface area contributed by atoms with Gasteiger partial charge in [0.1, 0.15) is 0 Å². The summed E-state index contributed by atoms with van der Waals surface area (Å²) in [6.45, 7) is 9.98. The van der Waals surface area contributed by atoms with E-state index in [-0.39, 0.29) is 5.56 Å². The highest BCUT2D eigenvalue weighted by Crippen LogP contribution is 2.43. The highest BCUT2D eigenvalue weighted by molar-refractivity contribution is 6.30. The number of hydrogen-bond donors (Lipinski definition) is 0. The molecule has 0 atom stereocenters. The molecule has 0 aliphatic carbocycles. The number of benzene rings is 9. The van der Waals surface area contributed by atoms with Crippen molar-refractivity contribution in [3.05, 3.63) is 199 Å². The average molecular weight is 772 g/mol. The zero-order valence-corrected chi connectivity index (χ0v) is 33.8. The predicted molar refractivity (Wildman–Crippen MR) is 258 cm³/mol. The number of rotatable bonds is 4. The lowest BCUT2D eigenvalue weighted by Crippen LogP contribution is -2.19. The topological polar surface area (TPSA) is 31.9 Å². The van der Waals surface area contributed by atoms with Gasteiger partial charge >= 0.3 is 0 Å². The van der Waals surface area contributed by atoms with Crippen LogP contribution in [-0.2, 0) is 0 Å². The molecule has 0 amide bonds. The Labute approximate surface area is 346 Å². The fourth-order valence-corrected chi connectivity index (χ4v) is 9.90. The van der Waals surface area contributed by atoms with Crippen LogP contribution >= 0.6 is 0 Å². The molecule has 0 spiro atoms. The molecular weight excluding hydrogens is 731 g/mol. The van der Waals surface area contributed by atoms with Crippen molar-refractivity contribution in [1.82, 2.24) is 13.7 Å². The minimum atomic E-state index is -0.0479. The molecule has 4 heteroatoms. The molecule has 12 aromatic rings. The zero-order chi connectivity index (χ0) is 40.6.